The summed E-state index contributed by atoms with van der Waals surface area (Å²) in [5.74, 6) is 0.419. The molecule has 15 heavy (non-hydrogen) atoms. The summed E-state index contributed by atoms with van der Waals surface area (Å²) in [5.41, 5.74) is 0.114. The van der Waals surface area contributed by atoms with Crippen LogP contribution < -0.4 is 4.74 Å². The predicted octanol–water partition coefficient (Wildman–Crippen LogP) is 2.13. The van der Waals surface area contributed by atoms with Gasteiger partial charge in [-0.3, -0.25) is 0 Å². The molecule has 1 saturated heterocycles. The Kier molecular flexibility index (Phi) is 1.61. The van der Waals surface area contributed by atoms with Crippen LogP contribution in [0.5, 0.6) is 5.75 Å². The minimum Gasteiger partial charge on any atom is -0.475 e. The highest BCUT2D eigenvalue weighted by Gasteiger charge is 2.56. The van der Waals surface area contributed by atoms with Gasteiger partial charge in [0.05, 0.1) is 5.92 Å². The van der Waals surface area contributed by atoms with Crippen LogP contribution in [0, 0.1) is 0 Å². The van der Waals surface area contributed by atoms with Gasteiger partial charge in [0.15, 0.2) is 0 Å². The zero-order valence-corrected chi connectivity index (χ0v) is 8.88. The first-order valence-electron chi connectivity index (χ1n) is 4.77. The third-order valence-corrected chi connectivity index (χ3v) is 3.36. The van der Waals surface area contributed by atoms with Crippen molar-refractivity contribution >= 4 is 17.6 Å². The summed E-state index contributed by atoms with van der Waals surface area (Å²) in [6.07, 6.45) is 0. The molecule has 1 aromatic carbocycles. The third-order valence-electron chi connectivity index (χ3n) is 3.12. The van der Waals surface area contributed by atoms with Crippen molar-refractivity contribution in [1.82, 2.24) is 0 Å². The third kappa shape index (κ3) is 1.04. The largest absolute Gasteiger partial charge is 0.475 e. The van der Waals surface area contributed by atoms with E-state index in [2.05, 4.69) is 0 Å². The Morgan fingerprint density at radius 2 is 2.33 bits per heavy atom. The van der Waals surface area contributed by atoms with Crippen LogP contribution in [0.25, 0.3) is 0 Å². The summed E-state index contributed by atoms with van der Waals surface area (Å²) in [5, 5.41) is 0.654. The van der Waals surface area contributed by atoms with Crippen LogP contribution in [-0.4, -0.2) is 18.2 Å². The Morgan fingerprint density at radius 1 is 1.53 bits per heavy atom. The molecular formula is C11H9ClO3. The highest BCUT2D eigenvalue weighted by atomic mass is 35.5. The first kappa shape index (κ1) is 9.04. The van der Waals surface area contributed by atoms with Crippen LogP contribution in [0.3, 0.4) is 0 Å². The number of rotatable bonds is 0. The van der Waals surface area contributed by atoms with E-state index >= 15 is 0 Å². The Labute approximate surface area is 91.9 Å². The molecule has 1 fully saturated rings. The second-order valence-corrected chi connectivity index (χ2v) is 4.48. The number of benzene rings is 1. The summed E-state index contributed by atoms with van der Waals surface area (Å²) in [6, 6.07) is 5.40. The molecule has 2 aliphatic rings. The lowest BCUT2D eigenvalue weighted by Crippen LogP contribution is -2.38. The van der Waals surface area contributed by atoms with E-state index in [0.29, 0.717) is 11.6 Å². The van der Waals surface area contributed by atoms with Crippen LogP contribution in [0.15, 0.2) is 18.2 Å². The number of hydrogen-bond donors (Lipinski definition) is 0. The monoisotopic (exact) mass is 224 g/mol. The number of halogens is 1. The molecule has 78 valence electrons. The van der Waals surface area contributed by atoms with Gasteiger partial charge in [-0.15, -0.1) is 0 Å². The Bertz CT molecular complexity index is 457. The van der Waals surface area contributed by atoms with Gasteiger partial charge in [-0.2, -0.15) is 0 Å². The minimum absolute atomic E-state index is 0.0290. The molecule has 0 spiro atoms. The molecule has 2 atom stereocenters. The van der Waals surface area contributed by atoms with Gasteiger partial charge in [-0.25, -0.2) is 4.79 Å². The molecule has 0 aromatic heterocycles. The van der Waals surface area contributed by atoms with Crippen LogP contribution in [-0.2, 0) is 9.53 Å². The van der Waals surface area contributed by atoms with E-state index in [1.165, 1.54) is 0 Å². The first-order valence-corrected chi connectivity index (χ1v) is 5.15. The van der Waals surface area contributed by atoms with Crippen molar-refractivity contribution in [3.05, 3.63) is 28.8 Å². The number of carbonyl (C=O) groups is 1. The van der Waals surface area contributed by atoms with E-state index in [1.54, 1.807) is 19.1 Å². The predicted molar refractivity (Wildman–Crippen MR) is 54.2 cm³/mol. The molecule has 0 radical (unpaired) electrons. The summed E-state index contributed by atoms with van der Waals surface area (Å²) in [4.78, 5) is 11.6. The maximum Gasteiger partial charge on any atom is 0.351 e. The van der Waals surface area contributed by atoms with Gasteiger partial charge in [-0.1, -0.05) is 11.6 Å². The molecule has 1 aromatic rings. The number of fused-ring (bicyclic) bond motifs is 3. The second kappa shape index (κ2) is 2.67. The maximum absolute atomic E-state index is 11.6. The number of ether oxygens (including phenoxy) is 2. The Hall–Kier alpha value is -1.22. The second-order valence-electron chi connectivity index (χ2n) is 4.04. The van der Waals surface area contributed by atoms with Crippen molar-refractivity contribution in [2.45, 2.75) is 18.4 Å². The van der Waals surface area contributed by atoms with Gasteiger partial charge in [0.2, 0.25) is 5.60 Å². The van der Waals surface area contributed by atoms with E-state index in [9.17, 15) is 4.79 Å². The first-order chi connectivity index (χ1) is 7.11. The minimum atomic E-state index is -0.854. The summed E-state index contributed by atoms with van der Waals surface area (Å²) >= 11 is 5.91. The van der Waals surface area contributed by atoms with Crippen molar-refractivity contribution in [1.29, 1.82) is 0 Å². The molecule has 4 heteroatoms. The average Bonchev–Trinajstić information content (AvgIpc) is 2.62. The molecule has 0 saturated carbocycles. The topological polar surface area (TPSA) is 35.5 Å². The highest BCUT2D eigenvalue weighted by Crippen LogP contribution is 2.49. The zero-order valence-electron chi connectivity index (χ0n) is 8.12. The molecule has 0 bridgehead atoms. The number of esters is 1. The molecule has 3 nitrogen and oxygen atoms in total. The number of cyclic esters (lactones) is 1. The lowest BCUT2D eigenvalue weighted by molar-refractivity contribution is -0.149. The van der Waals surface area contributed by atoms with Gasteiger partial charge < -0.3 is 9.47 Å². The van der Waals surface area contributed by atoms with Gasteiger partial charge in [0.25, 0.3) is 0 Å². The number of hydrogen-bond acceptors (Lipinski definition) is 3. The van der Waals surface area contributed by atoms with Crippen LogP contribution in [0.1, 0.15) is 18.4 Å². The fraction of sp³-hybridized carbons (Fsp3) is 0.364. The summed E-state index contributed by atoms with van der Waals surface area (Å²) in [7, 11) is 0. The van der Waals surface area contributed by atoms with Crippen LogP contribution >= 0.6 is 11.6 Å². The summed E-state index contributed by atoms with van der Waals surface area (Å²) < 4.78 is 10.7. The molecule has 2 heterocycles. The fourth-order valence-corrected chi connectivity index (χ4v) is 2.40. The van der Waals surface area contributed by atoms with Crippen molar-refractivity contribution < 1.29 is 14.3 Å². The molecule has 2 aliphatic heterocycles. The van der Waals surface area contributed by atoms with Gasteiger partial charge >= 0.3 is 5.97 Å². The standard InChI is InChI=1S/C11H9ClO3/c1-11-8(5-14-10(11)13)7-4-6(12)2-3-9(7)15-11/h2-4,8H,5H2,1H3/t8-,11+/m0/s1. The molecule has 3 rings (SSSR count). The van der Waals surface area contributed by atoms with E-state index in [0.717, 1.165) is 11.3 Å². The fourth-order valence-electron chi connectivity index (χ4n) is 2.22. The molecule has 0 N–H and O–H groups in total. The van der Waals surface area contributed by atoms with Crippen LogP contribution in [0.4, 0.5) is 0 Å². The lowest BCUT2D eigenvalue weighted by atomic mass is 9.88. The smallest absolute Gasteiger partial charge is 0.351 e. The molecule has 0 aliphatic carbocycles. The van der Waals surface area contributed by atoms with Gasteiger partial charge in [0, 0.05) is 10.6 Å². The average molecular weight is 225 g/mol. The molecular weight excluding hydrogens is 216 g/mol. The molecule has 0 amide bonds. The van der Waals surface area contributed by atoms with Crippen molar-refractivity contribution in [2.75, 3.05) is 6.61 Å². The summed E-state index contributed by atoms with van der Waals surface area (Å²) in [6.45, 7) is 2.14. The van der Waals surface area contributed by atoms with E-state index < -0.39 is 5.60 Å². The normalized spacial score (nSPS) is 31.9. The van der Waals surface area contributed by atoms with Gasteiger partial charge in [-0.05, 0) is 25.1 Å². The lowest BCUT2D eigenvalue weighted by Gasteiger charge is -2.17. The highest BCUT2D eigenvalue weighted by molar-refractivity contribution is 6.30. The maximum atomic E-state index is 11.6. The Balaban J connectivity index is 2.15. The van der Waals surface area contributed by atoms with E-state index in [1.807, 2.05) is 6.07 Å². The quantitative estimate of drug-likeness (QED) is 0.634. The van der Waals surface area contributed by atoms with Crippen molar-refractivity contribution in [2.24, 2.45) is 0 Å². The van der Waals surface area contributed by atoms with E-state index in [4.69, 9.17) is 21.1 Å². The van der Waals surface area contributed by atoms with Crippen molar-refractivity contribution in [3.63, 3.8) is 0 Å². The zero-order chi connectivity index (χ0) is 10.6. The SMILES string of the molecule is C[C@@]12Oc3ccc(Cl)cc3[C@@H]1COC2=O. The molecule has 0 unspecified atom stereocenters. The van der Waals surface area contributed by atoms with E-state index in [-0.39, 0.29) is 11.9 Å². The van der Waals surface area contributed by atoms with Crippen molar-refractivity contribution in [3.8, 4) is 5.75 Å². The Morgan fingerprint density at radius 3 is 3.13 bits per heavy atom. The van der Waals surface area contributed by atoms with Gasteiger partial charge in [0.1, 0.15) is 12.4 Å². The van der Waals surface area contributed by atoms with Crippen LogP contribution in [0.2, 0.25) is 5.02 Å². The number of carbonyl (C=O) groups excluding carboxylic acids is 1.